The zero-order valence-corrected chi connectivity index (χ0v) is 21.9. The summed E-state index contributed by atoms with van der Waals surface area (Å²) >= 11 is 3.53. The highest BCUT2D eigenvalue weighted by atomic mass is 79.9. The van der Waals surface area contributed by atoms with Gasteiger partial charge in [-0.3, -0.25) is 0 Å². The van der Waals surface area contributed by atoms with E-state index in [0.29, 0.717) is 12.6 Å². The van der Waals surface area contributed by atoms with Gasteiger partial charge in [0.25, 0.3) is 5.95 Å². The summed E-state index contributed by atoms with van der Waals surface area (Å²) < 4.78 is 9.23. The van der Waals surface area contributed by atoms with E-state index in [2.05, 4.69) is 91.5 Å². The molecule has 0 bridgehead atoms. The van der Waals surface area contributed by atoms with Crippen molar-refractivity contribution in [3.8, 4) is 5.75 Å². The molecular formula is C28H27BrN6O. The molecule has 182 valence electrons. The van der Waals surface area contributed by atoms with Gasteiger partial charge in [0, 0.05) is 22.0 Å². The SMILES string of the molecule is CCCCn1c2ccccc2c2nnc(N/N=C/c3cc(Br)ccc3OCc3ccc(C)cc3)nc21. The van der Waals surface area contributed by atoms with Gasteiger partial charge in [0.1, 0.15) is 17.9 Å². The lowest BCUT2D eigenvalue weighted by atomic mass is 10.1. The second-order valence-electron chi connectivity index (χ2n) is 8.66. The van der Waals surface area contributed by atoms with Crippen LogP contribution in [0.2, 0.25) is 0 Å². The number of aryl methyl sites for hydroxylation is 2. The monoisotopic (exact) mass is 542 g/mol. The lowest BCUT2D eigenvalue weighted by molar-refractivity contribution is 0.305. The number of unbranched alkanes of at least 4 members (excludes halogenated alkanes) is 1. The van der Waals surface area contributed by atoms with E-state index in [1.807, 2.05) is 30.3 Å². The Morgan fingerprint density at radius 2 is 1.89 bits per heavy atom. The second kappa shape index (κ2) is 10.9. The molecule has 0 saturated heterocycles. The van der Waals surface area contributed by atoms with E-state index in [1.165, 1.54) is 5.56 Å². The van der Waals surface area contributed by atoms with Crippen LogP contribution in [0.1, 0.15) is 36.5 Å². The Kier molecular flexibility index (Phi) is 7.23. The Hall–Kier alpha value is -3.78. The molecule has 3 aromatic carbocycles. The van der Waals surface area contributed by atoms with E-state index in [1.54, 1.807) is 6.21 Å². The normalized spacial score (nSPS) is 11.5. The summed E-state index contributed by atoms with van der Waals surface area (Å²) in [6, 6.07) is 22.4. The van der Waals surface area contributed by atoms with Crippen LogP contribution in [-0.2, 0) is 13.2 Å². The molecule has 7 nitrogen and oxygen atoms in total. The highest BCUT2D eigenvalue weighted by Crippen LogP contribution is 2.27. The first-order chi connectivity index (χ1) is 17.6. The van der Waals surface area contributed by atoms with Crippen molar-refractivity contribution in [1.29, 1.82) is 0 Å². The first kappa shape index (κ1) is 23.9. The molecule has 2 aromatic heterocycles. The number of hydrogen-bond acceptors (Lipinski definition) is 6. The molecule has 5 rings (SSSR count). The zero-order valence-electron chi connectivity index (χ0n) is 20.3. The highest BCUT2D eigenvalue weighted by Gasteiger charge is 2.14. The van der Waals surface area contributed by atoms with E-state index < -0.39 is 0 Å². The summed E-state index contributed by atoms with van der Waals surface area (Å²) in [5.41, 5.74) is 8.83. The van der Waals surface area contributed by atoms with Crippen LogP contribution in [0.25, 0.3) is 22.1 Å². The minimum atomic E-state index is 0.344. The van der Waals surface area contributed by atoms with Crippen molar-refractivity contribution in [3.63, 3.8) is 0 Å². The van der Waals surface area contributed by atoms with Crippen molar-refractivity contribution in [3.05, 3.63) is 87.9 Å². The fourth-order valence-corrected chi connectivity index (χ4v) is 4.43. The number of ether oxygens (including phenoxy) is 1. The molecular weight excluding hydrogens is 516 g/mol. The molecule has 0 aliphatic rings. The van der Waals surface area contributed by atoms with Gasteiger partial charge in [-0.2, -0.15) is 10.1 Å². The number of para-hydroxylation sites is 1. The van der Waals surface area contributed by atoms with Gasteiger partial charge in [0.15, 0.2) is 5.65 Å². The standard InChI is InChI=1S/C28H27BrN6O/c1-3-4-15-35-24-8-6-5-7-23(24)26-27(35)31-28(34-32-26)33-30-17-21-16-22(29)13-14-25(21)36-18-20-11-9-19(2)10-12-20/h5-14,16-17H,3-4,15,18H2,1-2H3,(H,31,33,34)/b30-17+. The van der Waals surface area contributed by atoms with Crippen molar-refractivity contribution in [1.82, 2.24) is 19.7 Å². The molecule has 1 N–H and O–H groups in total. The van der Waals surface area contributed by atoms with Crippen molar-refractivity contribution >= 4 is 50.2 Å². The van der Waals surface area contributed by atoms with Gasteiger partial charge in [-0.1, -0.05) is 77.3 Å². The summed E-state index contributed by atoms with van der Waals surface area (Å²) in [7, 11) is 0. The van der Waals surface area contributed by atoms with Crippen LogP contribution in [0, 0.1) is 6.92 Å². The molecule has 0 spiro atoms. The molecule has 0 fully saturated rings. The number of nitrogens with zero attached hydrogens (tertiary/aromatic N) is 5. The first-order valence-corrected chi connectivity index (χ1v) is 12.8. The molecule has 0 saturated carbocycles. The largest absolute Gasteiger partial charge is 0.488 e. The summed E-state index contributed by atoms with van der Waals surface area (Å²) in [6.45, 7) is 5.61. The molecule has 36 heavy (non-hydrogen) atoms. The zero-order chi connectivity index (χ0) is 24.9. The number of anilines is 1. The van der Waals surface area contributed by atoms with Crippen LogP contribution in [0.4, 0.5) is 5.95 Å². The highest BCUT2D eigenvalue weighted by molar-refractivity contribution is 9.10. The number of aromatic nitrogens is 4. The molecule has 8 heteroatoms. The summed E-state index contributed by atoms with van der Waals surface area (Å²) in [5.74, 6) is 1.08. The number of hydrazone groups is 1. The summed E-state index contributed by atoms with van der Waals surface area (Å²) in [6.07, 6.45) is 3.87. The number of rotatable bonds is 9. The van der Waals surface area contributed by atoms with Crippen LogP contribution in [0.5, 0.6) is 5.75 Å². The molecule has 0 aliphatic carbocycles. The topological polar surface area (TPSA) is 77.2 Å². The number of halogens is 1. The van der Waals surface area contributed by atoms with Gasteiger partial charge in [-0.05, 0) is 43.2 Å². The average molecular weight is 543 g/mol. The third kappa shape index (κ3) is 5.23. The van der Waals surface area contributed by atoms with Crippen LogP contribution < -0.4 is 10.2 Å². The van der Waals surface area contributed by atoms with Crippen molar-refractivity contribution in [2.24, 2.45) is 5.10 Å². The van der Waals surface area contributed by atoms with Gasteiger partial charge in [-0.25, -0.2) is 5.43 Å². The lowest BCUT2D eigenvalue weighted by Gasteiger charge is -2.10. The molecule has 5 aromatic rings. The Morgan fingerprint density at radius 1 is 1.06 bits per heavy atom. The maximum Gasteiger partial charge on any atom is 0.265 e. The van der Waals surface area contributed by atoms with Crippen LogP contribution >= 0.6 is 15.9 Å². The van der Waals surface area contributed by atoms with Crippen molar-refractivity contribution < 1.29 is 4.74 Å². The van der Waals surface area contributed by atoms with E-state index >= 15 is 0 Å². The molecule has 0 unspecified atom stereocenters. The fourth-order valence-electron chi connectivity index (χ4n) is 4.05. The van der Waals surface area contributed by atoms with Gasteiger partial charge in [0.05, 0.1) is 11.7 Å². The third-order valence-electron chi connectivity index (χ3n) is 5.96. The molecule has 0 radical (unpaired) electrons. The van der Waals surface area contributed by atoms with Crippen molar-refractivity contribution in [2.75, 3.05) is 5.43 Å². The van der Waals surface area contributed by atoms with E-state index in [4.69, 9.17) is 9.72 Å². The number of nitrogens with one attached hydrogen (secondary N) is 1. The number of fused-ring (bicyclic) bond motifs is 3. The quantitative estimate of drug-likeness (QED) is 0.162. The van der Waals surface area contributed by atoms with Crippen LogP contribution in [-0.4, -0.2) is 26.0 Å². The van der Waals surface area contributed by atoms with Gasteiger partial charge in [0.2, 0.25) is 0 Å². The fraction of sp³-hybridized carbons (Fsp3) is 0.214. The van der Waals surface area contributed by atoms with Gasteiger partial charge in [-0.15, -0.1) is 10.2 Å². The van der Waals surface area contributed by atoms with Crippen LogP contribution in [0.3, 0.4) is 0 Å². The minimum absolute atomic E-state index is 0.344. The molecule has 0 aliphatic heterocycles. The molecule has 0 atom stereocenters. The smallest absolute Gasteiger partial charge is 0.265 e. The van der Waals surface area contributed by atoms with E-state index in [0.717, 1.165) is 62.8 Å². The minimum Gasteiger partial charge on any atom is -0.488 e. The maximum absolute atomic E-state index is 6.08. The average Bonchev–Trinajstić information content (AvgIpc) is 3.21. The van der Waals surface area contributed by atoms with Crippen LogP contribution in [0.15, 0.2) is 76.3 Å². The predicted molar refractivity (Wildman–Crippen MR) is 149 cm³/mol. The van der Waals surface area contributed by atoms with Crippen molar-refractivity contribution in [2.45, 2.75) is 39.8 Å². The molecule has 2 heterocycles. The van der Waals surface area contributed by atoms with Gasteiger partial charge < -0.3 is 9.30 Å². The Morgan fingerprint density at radius 3 is 2.72 bits per heavy atom. The lowest BCUT2D eigenvalue weighted by Crippen LogP contribution is -2.04. The van der Waals surface area contributed by atoms with Gasteiger partial charge >= 0.3 is 0 Å². The van der Waals surface area contributed by atoms with E-state index in [-0.39, 0.29) is 0 Å². The summed E-state index contributed by atoms with van der Waals surface area (Å²) in [5, 5.41) is 14.2. The Bertz CT molecular complexity index is 1530. The third-order valence-corrected chi connectivity index (χ3v) is 6.46. The number of benzene rings is 3. The Balaban J connectivity index is 1.37. The molecule has 0 amide bonds. The number of hydrogen-bond donors (Lipinski definition) is 1. The van der Waals surface area contributed by atoms with E-state index in [9.17, 15) is 0 Å². The maximum atomic E-state index is 6.08. The predicted octanol–water partition coefficient (Wildman–Crippen LogP) is 6.88. The Labute approximate surface area is 218 Å². The summed E-state index contributed by atoms with van der Waals surface area (Å²) in [4.78, 5) is 4.74. The first-order valence-electron chi connectivity index (χ1n) is 12.0. The second-order valence-corrected chi connectivity index (χ2v) is 9.57.